The number of carbonyl (C=O) groups excluding carboxylic acids is 2. The molecule has 0 radical (unpaired) electrons. The molecular weight excluding hydrogens is 376 g/mol. The van der Waals surface area contributed by atoms with Crippen LogP contribution in [0.3, 0.4) is 0 Å². The first-order valence-electron chi connectivity index (χ1n) is 8.88. The molecule has 2 amide bonds. The SMILES string of the molecule is CCC(=O)Nc1ccc(NC(=O)Cc2c(C)nc3nc(SC)nn3c2C)cc1. The fourth-order valence-electron chi connectivity index (χ4n) is 2.78. The quantitative estimate of drug-likeness (QED) is 0.619. The zero-order valence-corrected chi connectivity index (χ0v) is 17.1. The molecule has 28 heavy (non-hydrogen) atoms. The van der Waals surface area contributed by atoms with Crippen molar-refractivity contribution >= 4 is 40.7 Å². The molecule has 0 aliphatic rings. The third kappa shape index (κ3) is 4.30. The molecule has 8 nitrogen and oxygen atoms in total. The van der Waals surface area contributed by atoms with Crippen LogP contribution in [0.15, 0.2) is 29.4 Å². The average molecular weight is 398 g/mol. The Bertz CT molecular complexity index is 1030. The standard InChI is InChI=1S/C19H22N6O2S/c1-5-16(26)21-13-6-8-14(9-7-13)22-17(27)10-15-11(2)20-18-23-19(28-4)24-25(18)12(15)3/h6-9H,5,10H2,1-4H3,(H,21,26)(H,22,27). The molecule has 0 bridgehead atoms. The summed E-state index contributed by atoms with van der Waals surface area (Å²) in [6.45, 7) is 5.57. The number of nitrogens with zero attached hydrogens (tertiary/aromatic N) is 4. The lowest BCUT2D eigenvalue weighted by molar-refractivity contribution is -0.116. The molecule has 0 saturated heterocycles. The number of hydrogen-bond donors (Lipinski definition) is 2. The van der Waals surface area contributed by atoms with E-state index < -0.39 is 0 Å². The molecule has 9 heteroatoms. The zero-order chi connectivity index (χ0) is 20.3. The van der Waals surface area contributed by atoms with Gasteiger partial charge in [-0.15, -0.1) is 5.10 Å². The molecule has 2 N–H and O–H groups in total. The van der Waals surface area contributed by atoms with Crippen LogP contribution in [0.2, 0.25) is 0 Å². The first kappa shape index (κ1) is 19.8. The molecule has 2 heterocycles. The van der Waals surface area contributed by atoms with Crippen LogP contribution in [0.1, 0.15) is 30.3 Å². The van der Waals surface area contributed by atoms with E-state index in [1.165, 1.54) is 11.8 Å². The van der Waals surface area contributed by atoms with Crippen LogP contribution in [0, 0.1) is 13.8 Å². The molecule has 2 aromatic heterocycles. The Hall–Kier alpha value is -2.94. The van der Waals surface area contributed by atoms with Crippen LogP contribution in [0.5, 0.6) is 0 Å². The second-order valence-electron chi connectivity index (χ2n) is 6.28. The molecule has 3 aromatic rings. The zero-order valence-electron chi connectivity index (χ0n) is 16.2. The number of aryl methyl sites for hydroxylation is 2. The highest BCUT2D eigenvalue weighted by Crippen LogP contribution is 2.18. The maximum atomic E-state index is 12.5. The molecule has 0 spiro atoms. The van der Waals surface area contributed by atoms with Crippen molar-refractivity contribution in [1.29, 1.82) is 0 Å². The predicted molar refractivity (Wildman–Crippen MR) is 110 cm³/mol. The summed E-state index contributed by atoms with van der Waals surface area (Å²) in [4.78, 5) is 32.8. The normalized spacial score (nSPS) is 10.9. The van der Waals surface area contributed by atoms with Gasteiger partial charge in [0.2, 0.25) is 17.0 Å². The van der Waals surface area contributed by atoms with Crippen molar-refractivity contribution in [2.75, 3.05) is 16.9 Å². The maximum Gasteiger partial charge on any atom is 0.253 e. The average Bonchev–Trinajstić information content (AvgIpc) is 3.10. The Kier molecular flexibility index (Phi) is 5.93. The molecule has 0 aliphatic carbocycles. The summed E-state index contributed by atoms with van der Waals surface area (Å²) in [6, 6.07) is 7.03. The molecule has 3 rings (SSSR count). The summed E-state index contributed by atoms with van der Waals surface area (Å²) >= 11 is 1.45. The lowest BCUT2D eigenvalue weighted by Crippen LogP contribution is -2.18. The molecule has 146 valence electrons. The number of carbonyl (C=O) groups is 2. The highest BCUT2D eigenvalue weighted by molar-refractivity contribution is 7.98. The predicted octanol–water partition coefficient (Wildman–Crippen LogP) is 2.99. The second kappa shape index (κ2) is 8.39. The minimum atomic E-state index is -0.150. The Balaban J connectivity index is 1.73. The van der Waals surface area contributed by atoms with Gasteiger partial charge in [0, 0.05) is 34.7 Å². The second-order valence-corrected chi connectivity index (χ2v) is 7.05. The molecule has 0 fully saturated rings. The third-order valence-corrected chi connectivity index (χ3v) is 4.86. The van der Waals surface area contributed by atoms with Crippen molar-refractivity contribution in [1.82, 2.24) is 19.6 Å². The summed E-state index contributed by atoms with van der Waals surface area (Å²) in [5.74, 6) is 0.333. The summed E-state index contributed by atoms with van der Waals surface area (Å²) < 4.78 is 1.67. The van der Waals surface area contributed by atoms with Crippen molar-refractivity contribution in [2.45, 2.75) is 38.8 Å². The van der Waals surface area contributed by atoms with Crippen molar-refractivity contribution in [3.8, 4) is 0 Å². The van der Waals surface area contributed by atoms with Gasteiger partial charge in [-0.2, -0.15) is 4.98 Å². The van der Waals surface area contributed by atoms with Crippen LogP contribution in [-0.2, 0) is 16.0 Å². The first-order valence-corrected chi connectivity index (χ1v) is 10.1. The van der Waals surface area contributed by atoms with Crippen LogP contribution in [0.25, 0.3) is 5.78 Å². The highest BCUT2D eigenvalue weighted by Gasteiger charge is 2.16. The van der Waals surface area contributed by atoms with Crippen molar-refractivity contribution < 1.29 is 9.59 Å². The van der Waals surface area contributed by atoms with Crippen LogP contribution >= 0.6 is 11.8 Å². The van der Waals surface area contributed by atoms with Gasteiger partial charge in [-0.05, 0) is 44.4 Å². The Morgan fingerprint density at radius 1 is 1.04 bits per heavy atom. The van der Waals surface area contributed by atoms with Gasteiger partial charge < -0.3 is 10.6 Å². The Morgan fingerprint density at radius 3 is 2.21 bits per heavy atom. The van der Waals surface area contributed by atoms with E-state index in [1.807, 2.05) is 20.1 Å². The summed E-state index contributed by atoms with van der Waals surface area (Å²) in [5, 5.41) is 10.7. The van der Waals surface area contributed by atoms with Crippen LogP contribution in [0.4, 0.5) is 11.4 Å². The van der Waals surface area contributed by atoms with Gasteiger partial charge >= 0.3 is 0 Å². The van der Waals surface area contributed by atoms with Crippen molar-refractivity contribution in [3.63, 3.8) is 0 Å². The lowest BCUT2D eigenvalue weighted by Gasteiger charge is -2.11. The van der Waals surface area contributed by atoms with E-state index in [0.717, 1.165) is 17.0 Å². The Morgan fingerprint density at radius 2 is 1.64 bits per heavy atom. The number of fused-ring (bicyclic) bond motifs is 1. The Labute approximate surface area is 167 Å². The number of hydrogen-bond acceptors (Lipinski definition) is 6. The largest absolute Gasteiger partial charge is 0.326 e. The molecule has 0 saturated carbocycles. The summed E-state index contributed by atoms with van der Waals surface area (Å²) in [5.41, 5.74) is 3.80. The smallest absolute Gasteiger partial charge is 0.253 e. The fourth-order valence-corrected chi connectivity index (χ4v) is 3.12. The van der Waals surface area contributed by atoms with Gasteiger partial charge in [-0.25, -0.2) is 9.50 Å². The van der Waals surface area contributed by atoms with Gasteiger partial charge in [-0.1, -0.05) is 18.7 Å². The minimum Gasteiger partial charge on any atom is -0.326 e. The van der Waals surface area contributed by atoms with Gasteiger partial charge in [0.25, 0.3) is 5.78 Å². The minimum absolute atomic E-state index is 0.0524. The molecule has 0 atom stereocenters. The van der Waals surface area contributed by atoms with Crippen molar-refractivity contribution in [3.05, 3.63) is 41.2 Å². The number of amides is 2. The highest BCUT2D eigenvalue weighted by atomic mass is 32.2. The molecule has 0 aliphatic heterocycles. The monoisotopic (exact) mass is 398 g/mol. The van der Waals surface area contributed by atoms with Crippen LogP contribution in [-0.4, -0.2) is 37.7 Å². The fraction of sp³-hybridized carbons (Fsp3) is 0.316. The molecule has 1 aromatic carbocycles. The van der Waals surface area contributed by atoms with E-state index in [-0.39, 0.29) is 18.2 Å². The molecular formula is C19H22N6O2S. The summed E-state index contributed by atoms with van der Waals surface area (Å²) in [6.07, 6.45) is 2.51. The van der Waals surface area contributed by atoms with E-state index in [2.05, 4.69) is 25.7 Å². The van der Waals surface area contributed by atoms with Crippen LogP contribution < -0.4 is 10.6 Å². The van der Waals surface area contributed by atoms with Gasteiger partial charge in [-0.3, -0.25) is 9.59 Å². The number of thioether (sulfide) groups is 1. The molecule has 0 unspecified atom stereocenters. The van der Waals surface area contributed by atoms with E-state index in [1.54, 1.807) is 35.7 Å². The lowest BCUT2D eigenvalue weighted by atomic mass is 10.1. The van der Waals surface area contributed by atoms with Crippen molar-refractivity contribution in [2.24, 2.45) is 0 Å². The summed E-state index contributed by atoms with van der Waals surface area (Å²) in [7, 11) is 0. The first-order chi connectivity index (χ1) is 13.4. The number of anilines is 2. The topological polar surface area (TPSA) is 101 Å². The van der Waals surface area contributed by atoms with Gasteiger partial charge in [0.15, 0.2) is 0 Å². The number of benzene rings is 1. The third-order valence-electron chi connectivity index (χ3n) is 4.32. The van der Waals surface area contributed by atoms with E-state index in [4.69, 9.17) is 0 Å². The van der Waals surface area contributed by atoms with Gasteiger partial charge in [0.1, 0.15) is 0 Å². The van der Waals surface area contributed by atoms with E-state index >= 15 is 0 Å². The number of rotatable bonds is 6. The van der Waals surface area contributed by atoms with Gasteiger partial charge in [0.05, 0.1) is 6.42 Å². The maximum absolute atomic E-state index is 12.5. The number of nitrogens with one attached hydrogen (secondary N) is 2. The van der Waals surface area contributed by atoms with E-state index in [9.17, 15) is 9.59 Å². The van der Waals surface area contributed by atoms with E-state index in [0.29, 0.717) is 28.7 Å². The number of aromatic nitrogens is 4.